The van der Waals surface area contributed by atoms with Gasteiger partial charge in [0.1, 0.15) is 6.10 Å². The molecule has 1 fully saturated rings. The van der Waals surface area contributed by atoms with Crippen molar-refractivity contribution in [2.45, 2.75) is 52.2 Å². The zero-order valence-electron chi connectivity index (χ0n) is 10.8. The van der Waals surface area contributed by atoms with E-state index in [4.69, 9.17) is 14.5 Å². The maximum atomic E-state index is 5.44. The summed E-state index contributed by atoms with van der Waals surface area (Å²) in [6, 6.07) is 0.511. The molecule has 1 aliphatic rings. The zero-order chi connectivity index (χ0) is 11.8. The molecule has 0 radical (unpaired) electrons. The second kappa shape index (κ2) is 8.01. The summed E-state index contributed by atoms with van der Waals surface area (Å²) >= 11 is 0. The third-order valence-electron chi connectivity index (χ3n) is 3.18. The van der Waals surface area contributed by atoms with Crippen LogP contribution < -0.4 is 0 Å². The average Bonchev–Trinajstić information content (AvgIpc) is 2.77. The van der Waals surface area contributed by atoms with Crippen LogP contribution in [0, 0.1) is 0 Å². The second-order valence-corrected chi connectivity index (χ2v) is 4.11. The Morgan fingerprint density at radius 2 is 2.12 bits per heavy atom. The highest BCUT2D eigenvalue weighted by Gasteiger charge is 2.31. The molecular weight excluding hydrogens is 206 g/mol. The van der Waals surface area contributed by atoms with Crippen LogP contribution in [-0.4, -0.2) is 43.5 Å². The van der Waals surface area contributed by atoms with Gasteiger partial charge in [-0.05, 0) is 39.3 Å². The Morgan fingerprint density at radius 3 is 2.75 bits per heavy atom. The predicted molar refractivity (Wildman–Crippen MR) is 63.0 cm³/mol. The Labute approximate surface area is 98.8 Å². The van der Waals surface area contributed by atoms with E-state index in [1.807, 2.05) is 6.92 Å². The van der Waals surface area contributed by atoms with Crippen molar-refractivity contribution in [2.24, 2.45) is 0 Å². The van der Waals surface area contributed by atoms with Crippen molar-refractivity contribution in [3.05, 3.63) is 0 Å². The highest BCUT2D eigenvalue weighted by Crippen LogP contribution is 2.23. The molecule has 0 aromatic rings. The van der Waals surface area contributed by atoms with Gasteiger partial charge in [0, 0.05) is 12.6 Å². The van der Waals surface area contributed by atoms with Crippen LogP contribution >= 0.6 is 0 Å². The van der Waals surface area contributed by atoms with Crippen molar-refractivity contribution in [1.82, 2.24) is 4.90 Å². The summed E-state index contributed by atoms with van der Waals surface area (Å²) in [6.45, 7) is 9.45. The smallest absolute Gasteiger partial charge is 0.180 e. The molecule has 0 saturated carbocycles. The fraction of sp³-hybridized carbons (Fsp3) is 1.00. The van der Waals surface area contributed by atoms with E-state index in [0.29, 0.717) is 12.6 Å². The molecule has 1 heterocycles. The lowest BCUT2D eigenvalue weighted by Gasteiger charge is -2.29. The quantitative estimate of drug-likeness (QED) is 0.277. The third-order valence-corrected chi connectivity index (χ3v) is 3.18. The highest BCUT2D eigenvalue weighted by molar-refractivity contribution is 4.84. The van der Waals surface area contributed by atoms with Crippen LogP contribution in [0.4, 0.5) is 0 Å². The maximum absolute atomic E-state index is 5.44. The Bertz CT molecular complexity index is 178. The molecule has 96 valence electrons. The minimum atomic E-state index is 0.169. The summed E-state index contributed by atoms with van der Waals surface area (Å²) in [7, 11) is 0. The number of hydrogen-bond acceptors (Lipinski definition) is 4. The van der Waals surface area contributed by atoms with E-state index in [-0.39, 0.29) is 12.9 Å². The topological polar surface area (TPSA) is 30.9 Å². The maximum Gasteiger partial charge on any atom is 0.180 e. The molecule has 0 spiro atoms. The molecule has 4 nitrogen and oxygen atoms in total. The van der Waals surface area contributed by atoms with E-state index in [1.165, 1.54) is 19.4 Å². The summed E-state index contributed by atoms with van der Waals surface area (Å²) in [5.74, 6) is 0. The lowest BCUT2D eigenvalue weighted by molar-refractivity contribution is -0.366. The minimum Gasteiger partial charge on any atom is -0.353 e. The summed E-state index contributed by atoms with van der Waals surface area (Å²) in [5, 5.41) is 0. The van der Waals surface area contributed by atoms with E-state index >= 15 is 0 Å². The minimum absolute atomic E-state index is 0.169. The van der Waals surface area contributed by atoms with Crippen LogP contribution in [0.1, 0.15) is 40.0 Å². The number of ether oxygens (including phenoxy) is 1. The molecule has 1 unspecified atom stereocenters. The first kappa shape index (κ1) is 13.9. The van der Waals surface area contributed by atoms with Crippen LogP contribution in [-0.2, 0) is 14.5 Å². The monoisotopic (exact) mass is 231 g/mol. The Hall–Kier alpha value is -0.160. The fourth-order valence-electron chi connectivity index (χ4n) is 2.30. The molecule has 0 bridgehead atoms. The fourth-order valence-corrected chi connectivity index (χ4v) is 2.30. The van der Waals surface area contributed by atoms with Crippen molar-refractivity contribution >= 4 is 0 Å². The molecule has 1 rings (SSSR count). The van der Waals surface area contributed by atoms with Crippen LogP contribution in [0.3, 0.4) is 0 Å². The standard InChI is InChI=1S/C12H25NO3/c1-4-12(16-15-10-14-6-3)11-8-7-9-13(11)5-2/h11-12H,4-10H2,1-3H3/t11-,12?/m0/s1. The van der Waals surface area contributed by atoms with Gasteiger partial charge >= 0.3 is 0 Å². The van der Waals surface area contributed by atoms with Crippen molar-refractivity contribution in [3.63, 3.8) is 0 Å². The van der Waals surface area contributed by atoms with Gasteiger partial charge in [-0.1, -0.05) is 13.8 Å². The molecule has 0 amide bonds. The second-order valence-electron chi connectivity index (χ2n) is 4.11. The van der Waals surface area contributed by atoms with Gasteiger partial charge in [-0.25, -0.2) is 9.78 Å². The molecular formula is C12H25NO3. The van der Waals surface area contributed by atoms with Gasteiger partial charge in [-0.3, -0.25) is 4.90 Å². The Balaban J connectivity index is 2.29. The van der Waals surface area contributed by atoms with E-state index in [2.05, 4.69) is 18.7 Å². The summed E-state index contributed by atoms with van der Waals surface area (Å²) in [6.07, 6.45) is 3.63. The van der Waals surface area contributed by atoms with Gasteiger partial charge in [0.25, 0.3) is 0 Å². The van der Waals surface area contributed by atoms with E-state index < -0.39 is 0 Å². The third kappa shape index (κ3) is 4.01. The van der Waals surface area contributed by atoms with Crippen molar-refractivity contribution in [1.29, 1.82) is 0 Å². The van der Waals surface area contributed by atoms with E-state index in [9.17, 15) is 0 Å². The van der Waals surface area contributed by atoms with Crippen molar-refractivity contribution in [3.8, 4) is 0 Å². The number of likely N-dealkylation sites (tertiary alicyclic amines) is 1. The largest absolute Gasteiger partial charge is 0.353 e. The lowest BCUT2D eigenvalue weighted by atomic mass is 10.1. The molecule has 2 atom stereocenters. The zero-order valence-corrected chi connectivity index (χ0v) is 10.8. The number of likely N-dealkylation sites (N-methyl/N-ethyl adjacent to an activating group) is 1. The SMILES string of the molecule is CCOCOOC(CC)[C@@H]1CCCN1CC. The molecule has 0 N–H and O–H groups in total. The van der Waals surface area contributed by atoms with Crippen LogP contribution in [0.15, 0.2) is 0 Å². The molecule has 0 aliphatic carbocycles. The first-order valence-corrected chi connectivity index (χ1v) is 6.43. The molecule has 4 heteroatoms. The Morgan fingerprint density at radius 1 is 1.31 bits per heavy atom. The van der Waals surface area contributed by atoms with E-state index in [1.54, 1.807) is 0 Å². The number of rotatable bonds is 8. The van der Waals surface area contributed by atoms with Crippen molar-refractivity contribution < 1.29 is 14.5 Å². The van der Waals surface area contributed by atoms with Crippen LogP contribution in [0.25, 0.3) is 0 Å². The Kier molecular flexibility index (Phi) is 6.96. The average molecular weight is 231 g/mol. The van der Waals surface area contributed by atoms with Crippen LogP contribution in [0.5, 0.6) is 0 Å². The molecule has 1 saturated heterocycles. The summed E-state index contributed by atoms with van der Waals surface area (Å²) in [5.41, 5.74) is 0. The van der Waals surface area contributed by atoms with Gasteiger partial charge < -0.3 is 4.74 Å². The summed E-state index contributed by atoms with van der Waals surface area (Å²) in [4.78, 5) is 13.0. The number of nitrogens with zero attached hydrogens (tertiary/aromatic N) is 1. The van der Waals surface area contributed by atoms with Gasteiger partial charge in [0.2, 0.25) is 0 Å². The first-order valence-electron chi connectivity index (χ1n) is 6.43. The first-order chi connectivity index (χ1) is 7.83. The summed E-state index contributed by atoms with van der Waals surface area (Å²) < 4.78 is 5.08. The van der Waals surface area contributed by atoms with E-state index in [0.717, 1.165) is 13.0 Å². The van der Waals surface area contributed by atoms with Crippen molar-refractivity contribution in [2.75, 3.05) is 26.5 Å². The highest BCUT2D eigenvalue weighted by atomic mass is 17.2. The van der Waals surface area contributed by atoms with Gasteiger partial charge in [-0.2, -0.15) is 0 Å². The van der Waals surface area contributed by atoms with Gasteiger partial charge in [0.05, 0.1) is 0 Å². The molecule has 0 aromatic carbocycles. The van der Waals surface area contributed by atoms with Crippen LogP contribution in [0.2, 0.25) is 0 Å². The molecule has 1 aliphatic heterocycles. The number of hydrogen-bond donors (Lipinski definition) is 0. The van der Waals surface area contributed by atoms with Gasteiger partial charge in [0.15, 0.2) is 6.79 Å². The molecule has 0 aromatic heterocycles. The predicted octanol–water partition coefficient (Wildman–Crippen LogP) is 2.19. The van der Waals surface area contributed by atoms with Gasteiger partial charge in [-0.15, -0.1) is 0 Å². The molecule has 16 heavy (non-hydrogen) atoms. The lowest BCUT2D eigenvalue weighted by Crippen LogP contribution is -2.40. The normalized spacial score (nSPS) is 23.8.